The van der Waals surface area contributed by atoms with Crippen molar-refractivity contribution >= 4 is 11.6 Å². The van der Waals surface area contributed by atoms with Crippen LogP contribution in [0.15, 0.2) is 42.5 Å². The second-order valence-electron chi connectivity index (χ2n) is 4.58. The van der Waals surface area contributed by atoms with Crippen molar-refractivity contribution in [1.82, 2.24) is 5.32 Å². The number of likely N-dealkylation sites (N-methyl/N-ethyl adjacent to an activating group) is 1. The molecule has 1 nitrogen and oxygen atoms in total. The molecule has 0 aliphatic rings. The summed E-state index contributed by atoms with van der Waals surface area (Å²) >= 11 is 5.80. The van der Waals surface area contributed by atoms with Crippen molar-refractivity contribution in [2.24, 2.45) is 0 Å². The SMILES string of the molecule is CCNC(Cc1cccc(Cl)c1F)c1ccc(F)cc1. The summed E-state index contributed by atoms with van der Waals surface area (Å²) < 4.78 is 26.9. The number of hydrogen-bond acceptors (Lipinski definition) is 1. The Bertz CT molecular complexity index is 569. The standard InChI is InChI=1S/C16H16ClF2N/c1-2-20-15(11-6-8-13(18)9-7-11)10-12-4-3-5-14(17)16(12)19/h3-9,15,20H,2,10H2,1H3. The van der Waals surface area contributed by atoms with Crippen LogP contribution in [0.2, 0.25) is 5.02 Å². The van der Waals surface area contributed by atoms with E-state index in [0.29, 0.717) is 12.0 Å². The van der Waals surface area contributed by atoms with Crippen molar-refractivity contribution in [3.05, 3.63) is 70.2 Å². The van der Waals surface area contributed by atoms with Gasteiger partial charge >= 0.3 is 0 Å². The number of hydrogen-bond donors (Lipinski definition) is 1. The lowest BCUT2D eigenvalue weighted by Crippen LogP contribution is -2.23. The average molecular weight is 296 g/mol. The lowest BCUT2D eigenvalue weighted by Gasteiger charge is -2.19. The van der Waals surface area contributed by atoms with Gasteiger partial charge in [-0.1, -0.05) is 42.8 Å². The molecule has 0 saturated carbocycles. The van der Waals surface area contributed by atoms with E-state index in [4.69, 9.17) is 11.6 Å². The predicted octanol–water partition coefficient (Wildman–Crippen LogP) is 4.51. The zero-order valence-electron chi connectivity index (χ0n) is 11.2. The van der Waals surface area contributed by atoms with Crippen molar-refractivity contribution in [3.63, 3.8) is 0 Å². The summed E-state index contributed by atoms with van der Waals surface area (Å²) in [6.07, 6.45) is 0.464. The van der Waals surface area contributed by atoms with Gasteiger partial charge in [-0.2, -0.15) is 0 Å². The molecule has 0 saturated heterocycles. The zero-order chi connectivity index (χ0) is 14.5. The molecule has 0 heterocycles. The maximum Gasteiger partial charge on any atom is 0.145 e. The molecule has 0 aliphatic heterocycles. The van der Waals surface area contributed by atoms with Crippen LogP contribution in [0.25, 0.3) is 0 Å². The molecular formula is C16H16ClF2N. The summed E-state index contributed by atoms with van der Waals surface area (Å²) in [6.45, 7) is 2.72. The number of benzene rings is 2. The summed E-state index contributed by atoms with van der Waals surface area (Å²) in [7, 11) is 0. The third-order valence-corrected chi connectivity index (χ3v) is 3.47. The largest absolute Gasteiger partial charge is 0.310 e. The van der Waals surface area contributed by atoms with Crippen LogP contribution in [-0.2, 0) is 6.42 Å². The van der Waals surface area contributed by atoms with Gasteiger partial charge in [0, 0.05) is 6.04 Å². The topological polar surface area (TPSA) is 12.0 Å². The fraction of sp³-hybridized carbons (Fsp3) is 0.250. The highest BCUT2D eigenvalue weighted by Crippen LogP contribution is 2.24. The first-order valence-electron chi connectivity index (χ1n) is 6.53. The molecule has 106 valence electrons. The van der Waals surface area contributed by atoms with Gasteiger partial charge in [0.25, 0.3) is 0 Å². The second-order valence-corrected chi connectivity index (χ2v) is 4.99. The smallest absolute Gasteiger partial charge is 0.145 e. The Balaban J connectivity index is 2.25. The fourth-order valence-corrected chi connectivity index (χ4v) is 2.37. The van der Waals surface area contributed by atoms with E-state index in [1.807, 2.05) is 6.92 Å². The maximum atomic E-state index is 14.0. The first-order valence-corrected chi connectivity index (χ1v) is 6.91. The molecule has 2 rings (SSSR count). The van der Waals surface area contributed by atoms with Gasteiger partial charge in [0.2, 0.25) is 0 Å². The normalized spacial score (nSPS) is 12.4. The predicted molar refractivity (Wildman–Crippen MR) is 77.9 cm³/mol. The lowest BCUT2D eigenvalue weighted by molar-refractivity contribution is 0.526. The van der Waals surface area contributed by atoms with Gasteiger partial charge in [0.05, 0.1) is 5.02 Å². The second kappa shape index (κ2) is 6.82. The highest BCUT2D eigenvalue weighted by Gasteiger charge is 2.15. The van der Waals surface area contributed by atoms with E-state index in [-0.39, 0.29) is 22.7 Å². The van der Waals surface area contributed by atoms with Crippen LogP contribution in [0.4, 0.5) is 8.78 Å². The van der Waals surface area contributed by atoms with E-state index in [0.717, 1.165) is 12.1 Å². The first kappa shape index (κ1) is 14.9. The summed E-state index contributed by atoms with van der Waals surface area (Å²) in [6, 6.07) is 11.1. The van der Waals surface area contributed by atoms with Gasteiger partial charge in [-0.3, -0.25) is 0 Å². The van der Waals surface area contributed by atoms with Crippen LogP contribution in [0, 0.1) is 11.6 Å². The summed E-state index contributed by atoms with van der Waals surface area (Å²) in [5.74, 6) is -0.669. The minimum atomic E-state index is -0.390. The van der Waals surface area contributed by atoms with Crippen molar-refractivity contribution < 1.29 is 8.78 Å². The Labute approximate surface area is 122 Å². The van der Waals surface area contributed by atoms with Crippen LogP contribution in [0.3, 0.4) is 0 Å². The number of rotatable bonds is 5. The number of halogens is 3. The molecule has 0 aliphatic carbocycles. The Kier molecular flexibility index (Phi) is 5.10. The van der Waals surface area contributed by atoms with Gasteiger partial charge in [0.15, 0.2) is 0 Å². The fourth-order valence-electron chi connectivity index (χ4n) is 2.18. The molecule has 0 spiro atoms. The monoisotopic (exact) mass is 295 g/mol. The molecule has 1 atom stereocenters. The van der Waals surface area contributed by atoms with E-state index in [2.05, 4.69) is 5.32 Å². The summed E-state index contributed by atoms with van der Waals surface area (Å²) in [5.41, 5.74) is 1.47. The molecule has 0 radical (unpaired) electrons. The Morgan fingerprint density at radius 3 is 2.45 bits per heavy atom. The lowest BCUT2D eigenvalue weighted by atomic mass is 9.98. The Hall–Kier alpha value is -1.45. The minimum Gasteiger partial charge on any atom is -0.310 e. The van der Waals surface area contributed by atoms with Gasteiger partial charge < -0.3 is 5.32 Å². The number of nitrogens with one attached hydrogen (secondary N) is 1. The molecule has 1 unspecified atom stereocenters. The molecule has 2 aromatic rings. The third-order valence-electron chi connectivity index (χ3n) is 3.18. The van der Waals surface area contributed by atoms with Gasteiger partial charge in [-0.15, -0.1) is 0 Å². The molecule has 1 N–H and O–H groups in total. The van der Waals surface area contributed by atoms with E-state index in [1.165, 1.54) is 18.2 Å². The minimum absolute atomic E-state index is 0.0754. The molecule has 0 fully saturated rings. The molecular weight excluding hydrogens is 280 g/mol. The van der Waals surface area contributed by atoms with Crippen LogP contribution in [-0.4, -0.2) is 6.54 Å². The highest BCUT2D eigenvalue weighted by atomic mass is 35.5. The summed E-state index contributed by atoms with van der Waals surface area (Å²) in [5, 5.41) is 3.40. The van der Waals surface area contributed by atoms with Gasteiger partial charge in [-0.25, -0.2) is 8.78 Å². The van der Waals surface area contributed by atoms with Crippen LogP contribution in [0.5, 0.6) is 0 Å². The van der Waals surface area contributed by atoms with E-state index in [1.54, 1.807) is 24.3 Å². The average Bonchev–Trinajstić information content (AvgIpc) is 2.44. The Morgan fingerprint density at radius 2 is 1.80 bits per heavy atom. The third kappa shape index (κ3) is 3.56. The van der Waals surface area contributed by atoms with E-state index in [9.17, 15) is 8.78 Å². The van der Waals surface area contributed by atoms with Crippen LogP contribution < -0.4 is 5.32 Å². The molecule has 20 heavy (non-hydrogen) atoms. The molecule has 0 amide bonds. The van der Waals surface area contributed by atoms with Crippen molar-refractivity contribution in [1.29, 1.82) is 0 Å². The Morgan fingerprint density at radius 1 is 1.10 bits per heavy atom. The van der Waals surface area contributed by atoms with Crippen molar-refractivity contribution in [2.75, 3.05) is 6.54 Å². The zero-order valence-corrected chi connectivity index (χ0v) is 11.9. The highest BCUT2D eigenvalue weighted by molar-refractivity contribution is 6.30. The van der Waals surface area contributed by atoms with Crippen molar-refractivity contribution in [2.45, 2.75) is 19.4 Å². The van der Waals surface area contributed by atoms with Crippen LogP contribution in [0.1, 0.15) is 24.1 Å². The van der Waals surface area contributed by atoms with Gasteiger partial charge in [0.1, 0.15) is 11.6 Å². The van der Waals surface area contributed by atoms with Crippen molar-refractivity contribution in [3.8, 4) is 0 Å². The quantitative estimate of drug-likeness (QED) is 0.855. The van der Waals surface area contributed by atoms with Crippen LogP contribution >= 0.6 is 11.6 Å². The maximum absolute atomic E-state index is 14.0. The van der Waals surface area contributed by atoms with E-state index >= 15 is 0 Å². The van der Waals surface area contributed by atoms with Gasteiger partial charge in [-0.05, 0) is 42.3 Å². The molecule has 0 aromatic heterocycles. The molecule has 0 bridgehead atoms. The first-order chi connectivity index (χ1) is 9.61. The summed E-state index contributed by atoms with van der Waals surface area (Å²) in [4.78, 5) is 0. The van der Waals surface area contributed by atoms with E-state index < -0.39 is 0 Å². The molecule has 2 aromatic carbocycles. The molecule has 4 heteroatoms.